The Hall–Kier alpha value is -3.21. The molecule has 3 rings (SSSR count). The van der Waals surface area contributed by atoms with E-state index in [1.165, 1.54) is 0 Å². The van der Waals surface area contributed by atoms with Gasteiger partial charge in [-0.15, -0.1) is 0 Å². The van der Waals surface area contributed by atoms with Gasteiger partial charge in [-0.2, -0.15) is 0 Å². The third kappa shape index (κ3) is 4.20. The molecule has 1 N–H and O–H groups in total. The summed E-state index contributed by atoms with van der Waals surface area (Å²) in [6.07, 6.45) is 3.11. The summed E-state index contributed by atoms with van der Waals surface area (Å²) in [5.74, 6) is 0.364. The molecular weight excluding hydrogens is 312 g/mol. The van der Waals surface area contributed by atoms with Crippen LogP contribution in [0.15, 0.2) is 67.0 Å². The summed E-state index contributed by atoms with van der Waals surface area (Å²) in [4.78, 5) is 22.7. The number of rotatable bonds is 5. The van der Waals surface area contributed by atoms with Gasteiger partial charge in [0, 0.05) is 31.7 Å². The summed E-state index contributed by atoms with van der Waals surface area (Å²) in [5.41, 5.74) is 3.60. The highest BCUT2D eigenvalue weighted by Crippen LogP contribution is 2.17. The summed E-state index contributed by atoms with van der Waals surface area (Å²) in [5, 5.41) is 3.16. The van der Waals surface area contributed by atoms with Crippen molar-refractivity contribution in [1.82, 2.24) is 14.9 Å². The molecular formula is C20H20N4O. The number of nitrogens with one attached hydrogen (secondary N) is 1. The molecule has 1 amide bonds. The second-order valence-corrected chi connectivity index (χ2v) is 5.88. The number of nitrogens with zero attached hydrogens (tertiary/aromatic N) is 3. The van der Waals surface area contributed by atoms with Crippen LogP contribution in [0.3, 0.4) is 0 Å². The van der Waals surface area contributed by atoms with E-state index in [0.29, 0.717) is 18.1 Å². The second kappa shape index (κ2) is 7.57. The average molecular weight is 332 g/mol. The van der Waals surface area contributed by atoms with Crippen molar-refractivity contribution in [2.45, 2.75) is 13.5 Å². The van der Waals surface area contributed by atoms with Crippen molar-refractivity contribution >= 4 is 17.5 Å². The minimum Gasteiger partial charge on any atom is -0.337 e. The number of benzene rings is 2. The lowest BCUT2D eigenvalue weighted by atomic mass is 10.2. The summed E-state index contributed by atoms with van der Waals surface area (Å²) in [7, 11) is 1.77. The molecule has 0 aliphatic heterocycles. The van der Waals surface area contributed by atoms with E-state index in [-0.39, 0.29) is 5.91 Å². The normalized spacial score (nSPS) is 10.3. The molecule has 0 saturated heterocycles. The first-order chi connectivity index (χ1) is 12.1. The molecule has 0 fully saturated rings. The second-order valence-electron chi connectivity index (χ2n) is 5.88. The van der Waals surface area contributed by atoms with Gasteiger partial charge in [-0.05, 0) is 24.1 Å². The smallest absolute Gasteiger partial charge is 0.257 e. The molecule has 5 heteroatoms. The van der Waals surface area contributed by atoms with Crippen LogP contribution < -0.4 is 5.32 Å². The monoisotopic (exact) mass is 332 g/mol. The number of para-hydroxylation sites is 1. The zero-order chi connectivity index (χ0) is 17.6. The maximum atomic E-state index is 12.5. The first-order valence-electron chi connectivity index (χ1n) is 8.07. The van der Waals surface area contributed by atoms with E-state index in [9.17, 15) is 4.79 Å². The first kappa shape index (κ1) is 16.6. The van der Waals surface area contributed by atoms with Gasteiger partial charge in [-0.25, -0.2) is 9.97 Å². The zero-order valence-corrected chi connectivity index (χ0v) is 14.3. The van der Waals surface area contributed by atoms with E-state index >= 15 is 0 Å². The molecule has 0 radical (unpaired) electrons. The highest BCUT2D eigenvalue weighted by Gasteiger charge is 2.13. The molecule has 0 saturated carbocycles. The Morgan fingerprint density at radius 3 is 2.32 bits per heavy atom. The lowest BCUT2D eigenvalue weighted by molar-refractivity contribution is 0.0784. The minimum atomic E-state index is -0.105. The van der Waals surface area contributed by atoms with Crippen LogP contribution in [0.25, 0.3) is 0 Å². The molecule has 1 aromatic heterocycles. The Morgan fingerprint density at radius 1 is 1.00 bits per heavy atom. The van der Waals surface area contributed by atoms with Crippen molar-refractivity contribution in [2.24, 2.45) is 0 Å². The lowest BCUT2D eigenvalue weighted by Gasteiger charge is -2.17. The van der Waals surface area contributed by atoms with Gasteiger partial charge in [0.15, 0.2) is 0 Å². The number of amides is 1. The van der Waals surface area contributed by atoms with Gasteiger partial charge in [-0.3, -0.25) is 4.79 Å². The topological polar surface area (TPSA) is 58.1 Å². The standard InChI is InChI=1S/C20H20N4O/c1-15-8-6-7-11-18(15)23-20-21-12-17(13-22-20)19(25)24(2)14-16-9-4-3-5-10-16/h3-13H,14H2,1-2H3,(H,21,22,23). The van der Waals surface area contributed by atoms with Crippen LogP contribution in [0.1, 0.15) is 21.5 Å². The molecule has 126 valence electrons. The van der Waals surface area contributed by atoms with Crippen molar-refractivity contribution in [3.8, 4) is 0 Å². The molecule has 1 heterocycles. The zero-order valence-electron chi connectivity index (χ0n) is 14.3. The fraction of sp³-hybridized carbons (Fsp3) is 0.150. The third-order valence-corrected chi connectivity index (χ3v) is 3.90. The number of hydrogen-bond acceptors (Lipinski definition) is 4. The van der Waals surface area contributed by atoms with Crippen LogP contribution >= 0.6 is 0 Å². The molecule has 2 aromatic carbocycles. The van der Waals surface area contributed by atoms with Crippen LogP contribution in [-0.4, -0.2) is 27.8 Å². The van der Waals surface area contributed by atoms with Crippen molar-refractivity contribution in [1.29, 1.82) is 0 Å². The van der Waals surface area contributed by atoms with Crippen LogP contribution in [0.2, 0.25) is 0 Å². The molecule has 0 bridgehead atoms. The number of carbonyl (C=O) groups is 1. The quantitative estimate of drug-likeness (QED) is 0.772. The average Bonchev–Trinajstić information content (AvgIpc) is 2.64. The van der Waals surface area contributed by atoms with Crippen molar-refractivity contribution in [3.05, 3.63) is 83.7 Å². The summed E-state index contributed by atoms with van der Waals surface area (Å²) in [6, 6.07) is 17.8. The molecule has 25 heavy (non-hydrogen) atoms. The fourth-order valence-electron chi connectivity index (χ4n) is 2.49. The van der Waals surface area contributed by atoms with Gasteiger partial charge in [0.1, 0.15) is 0 Å². The Kier molecular flexibility index (Phi) is 5.04. The Labute approximate surface area is 147 Å². The molecule has 0 unspecified atom stereocenters. The minimum absolute atomic E-state index is 0.105. The summed E-state index contributed by atoms with van der Waals surface area (Å²) < 4.78 is 0. The highest BCUT2D eigenvalue weighted by atomic mass is 16.2. The molecule has 0 aliphatic rings. The van der Waals surface area contributed by atoms with Crippen LogP contribution in [0, 0.1) is 6.92 Å². The lowest BCUT2D eigenvalue weighted by Crippen LogP contribution is -2.26. The van der Waals surface area contributed by atoms with Gasteiger partial charge >= 0.3 is 0 Å². The molecule has 0 aliphatic carbocycles. The summed E-state index contributed by atoms with van der Waals surface area (Å²) in [6.45, 7) is 2.56. The Balaban J connectivity index is 1.67. The van der Waals surface area contributed by atoms with Crippen molar-refractivity contribution < 1.29 is 4.79 Å². The number of aromatic nitrogens is 2. The van der Waals surface area contributed by atoms with E-state index in [1.807, 2.05) is 61.5 Å². The number of anilines is 2. The number of hydrogen-bond donors (Lipinski definition) is 1. The molecule has 0 atom stereocenters. The largest absolute Gasteiger partial charge is 0.337 e. The van der Waals surface area contributed by atoms with E-state index in [2.05, 4.69) is 15.3 Å². The maximum absolute atomic E-state index is 12.5. The van der Waals surface area contributed by atoms with Crippen molar-refractivity contribution in [3.63, 3.8) is 0 Å². The summed E-state index contributed by atoms with van der Waals surface area (Å²) >= 11 is 0. The number of aryl methyl sites for hydroxylation is 1. The van der Waals surface area contributed by atoms with Gasteiger partial charge in [0.25, 0.3) is 5.91 Å². The first-order valence-corrected chi connectivity index (χ1v) is 8.07. The van der Waals surface area contributed by atoms with Crippen LogP contribution in [0.4, 0.5) is 11.6 Å². The highest BCUT2D eigenvalue weighted by molar-refractivity contribution is 5.93. The van der Waals surface area contributed by atoms with E-state index in [1.54, 1.807) is 24.3 Å². The van der Waals surface area contributed by atoms with E-state index in [4.69, 9.17) is 0 Å². The molecule has 0 spiro atoms. The predicted molar refractivity (Wildman–Crippen MR) is 98.7 cm³/mol. The van der Waals surface area contributed by atoms with Gasteiger partial charge in [-0.1, -0.05) is 48.5 Å². The van der Waals surface area contributed by atoms with Crippen molar-refractivity contribution in [2.75, 3.05) is 12.4 Å². The van der Waals surface area contributed by atoms with Gasteiger partial charge < -0.3 is 10.2 Å². The van der Waals surface area contributed by atoms with Crippen LogP contribution in [-0.2, 0) is 6.54 Å². The third-order valence-electron chi connectivity index (χ3n) is 3.90. The number of carbonyl (C=O) groups excluding carboxylic acids is 1. The van der Waals surface area contributed by atoms with E-state index in [0.717, 1.165) is 16.8 Å². The fourth-order valence-corrected chi connectivity index (χ4v) is 2.49. The maximum Gasteiger partial charge on any atom is 0.257 e. The molecule has 3 aromatic rings. The molecule has 5 nitrogen and oxygen atoms in total. The Morgan fingerprint density at radius 2 is 1.64 bits per heavy atom. The van der Waals surface area contributed by atoms with Crippen LogP contribution in [0.5, 0.6) is 0 Å². The SMILES string of the molecule is Cc1ccccc1Nc1ncc(C(=O)N(C)Cc2ccccc2)cn1. The van der Waals surface area contributed by atoms with Gasteiger partial charge in [0.2, 0.25) is 5.95 Å². The predicted octanol–water partition coefficient (Wildman–Crippen LogP) is 3.80. The van der Waals surface area contributed by atoms with E-state index < -0.39 is 0 Å². The van der Waals surface area contributed by atoms with Gasteiger partial charge in [0.05, 0.1) is 5.56 Å². The Bertz CT molecular complexity index is 847.